The SMILES string of the molecule is O=C(O)C1CS(=O)C2CCCc3ccccc3C2N1. The van der Waals surface area contributed by atoms with Gasteiger partial charge < -0.3 is 5.11 Å². The average molecular weight is 279 g/mol. The van der Waals surface area contributed by atoms with E-state index >= 15 is 0 Å². The lowest BCUT2D eigenvalue weighted by Crippen LogP contribution is -2.53. The molecule has 0 aromatic heterocycles. The maximum Gasteiger partial charge on any atom is 0.321 e. The van der Waals surface area contributed by atoms with Crippen LogP contribution in [-0.2, 0) is 22.0 Å². The number of carbonyl (C=O) groups is 1. The van der Waals surface area contributed by atoms with Crippen molar-refractivity contribution in [3.05, 3.63) is 35.4 Å². The van der Waals surface area contributed by atoms with E-state index in [1.54, 1.807) is 0 Å². The molecule has 3 rings (SSSR count). The monoisotopic (exact) mass is 279 g/mol. The second-order valence-corrected chi connectivity index (χ2v) is 6.91. The number of aliphatic carboxylic acids is 1. The Bertz CT molecular complexity index is 531. The topological polar surface area (TPSA) is 66.4 Å². The van der Waals surface area contributed by atoms with Gasteiger partial charge in [-0.05, 0) is 30.4 Å². The minimum atomic E-state index is -1.07. The van der Waals surface area contributed by atoms with Gasteiger partial charge in [-0.1, -0.05) is 24.3 Å². The van der Waals surface area contributed by atoms with Crippen molar-refractivity contribution < 1.29 is 14.1 Å². The molecule has 1 aromatic rings. The molecule has 1 aliphatic heterocycles. The third kappa shape index (κ3) is 2.32. The van der Waals surface area contributed by atoms with Crippen LogP contribution in [0.2, 0.25) is 0 Å². The van der Waals surface area contributed by atoms with E-state index in [0.717, 1.165) is 24.8 Å². The van der Waals surface area contributed by atoms with Crippen molar-refractivity contribution in [2.45, 2.75) is 36.6 Å². The zero-order valence-corrected chi connectivity index (χ0v) is 11.4. The van der Waals surface area contributed by atoms with Gasteiger partial charge in [0.2, 0.25) is 0 Å². The Kier molecular flexibility index (Phi) is 3.41. The fourth-order valence-electron chi connectivity index (χ4n) is 3.10. The molecule has 4 unspecified atom stereocenters. The molecular weight excluding hydrogens is 262 g/mol. The summed E-state index contributed by atoms with van der Waals surface area (Å²) in [4.78, 5) is 11.2. The van der Waals surface area contributed by atoms with E-state index in [1.165, 1.54) is 5.56 Å². The molecule has 19 heavy (non-hydrogen) atoms. The van der Waals surface area contributed by atoms with E-state index < -0.39 is 22.8 Å². The van der Waals surface area contributed by atoms with Gasteiger partial charge in [0.15, 0.2) is 0 Å². The van der Waals surface area contributed by atoms with Gasteiger partial charge >= 0.3 is 5.97 Å². The quantitative estimate of drug-likeness (QED) is 0.811. The molecule has 4 atom stereocenters. The van der Waals surface area contributed by atoms with Crippen LogP contribution >= 0.6 is 0 Å². The molecule has 1 saturated heterocycles. The molecule has 1 fully saturated rings. The Morgan fingerprint density at radius 3 is 2.95 bits per heavy atom. The number of carboxylic acid groups (broad SMARTS) is 1. The highest BCUT2D eigenvalue weighted by Crippen LogP contribution is 2.34. The third-order valence-electron chi connectivity index (χ3n) is 4.04. The van der Waals surface area contributed by atoms with Gasteiger partial charge in [-0.2, -0.15) is 0 Å². The lowest BCUT2D eigenvalue weighted by molar-refractivity contribution is -0.139. The van der Waals surface area contributed by atoms with Crippen molar-refractivity contribution in [2.75, 3.05) is 5.75 Å². The molecule has 4 nitrogen and oxygen atoms in total. The fourth-order valence-corrected chi connectivity index (χ4v) is 4.87. The Morgan fingerprint density at radius 1 is 1.37 bits per heavy atom. The summed E-state index contributed by atoms with van der Waals surface area (Å²) in [5.74, 6) is -0.688. The number of carboxylic acids is 1. The summed E-state index contributed by atoms with van der Waals surface area (Å²) in [6.07, 6.45) is 2.90. The van der Waals surface area contributed by atoms with Gasteiger partial charge in [0.25, 0.3) is 0 Å². The van der Waals surface area contributed by atoms with Gasteiger partial charge in [0.1, 0.15) is 6.04 Å². The maximum absolute atomic E-state index is 12.3. The van der Waals surface area contributed by atoms with Crippen LogP contribution in [0.25, 0.3) is 0 Å². The van der Waals surface area contributed by atoms with Crippen molar-refractivity contribution in [2.24, 2.45) is 0 Å². The van der Waals surface area contributed by atoms with Crippen LogP contribution in [0, 0.1) is 0 Å². The predicted octanol–water partition coefficient (Wildman–Crippen LogP) is 1.24. The average Bonchev–Trinajstić information content (AvgIpc) is 2.58. The Hall–Kier alpha value is -1.20. The molecule has 5 heteroatoms. The van der Waals surface area contributed by atoms with E-state index in [4.69, 9.17) is 5.11 Å². The molecule has 0 radical (unpaired) electrons. The number of rotatable bonds is 1. The maximum atomic E-state index is 12.3. The van der Waals surface area contributed by atoms with Crippen molar-refractivity contribution in [1.82, 2.24) is 5.32 Å². The van der Waals surface area contributed by atoms with Crippen LogP contribution in [-0.4, -0.2) is 32.3 Å². The number of hydrogen-bond acceptors (Lipinski definition) is 3. The normalized spacial score (nSPS) is 33.9. The molecule has 0 bridgehead atoms. The molecule has 0 spiro atoms. The highest BCUT2D eigenvalue weighted by molar-refractivity contribution is 7.85. The smallest absolute Gasteiger partial charge is 0.321 e. The fraction of sp³-hybridized carbons (Fsp3) is 0.500. The van der Waals surface area contributed by atoms with Gasteiger partial charge in [-0.15, -0.1) is 0 Å². The molecule has 1 aromatic carbocycles. The van der Waals surface area contributed by atoms with Crippen LogP contribution < -0.4 is 5.32 Å². The molecular formula is C14H17NO3S. The van der Waals surface area contributed by atoms with E-state index in [9.17, 15) is 9.00 Å². The van der Waals surface area contributed by atoms with Crippen LogP contribution in [0.4, 0.5) is 0 Å². The summed E-state index contributed by atoms with van der Waals surface area (Å²) in [6.45, 7) is 0. The first-order valence-corrected chi connectivity index (χ1v) is 7.99. The van der Waals surface area contributed by atoms with Gasteiger partial charge in [0, 0.05) is 16.8 Å². The summed E-state index contributed by atoms with van der Waals surface area (Å²) >= 11 is 0. The summed E-state index contributed by atoms with van der Waals surface area (Å²) in [6, 6.07) is 7.31. The minimum absolute atomic E-state index is 0.0410. The Balaban J connectivity index is 2.00. The first-order valence-electron chi connectivity index (χ1n) is 6.60. The van der Waals surface area contributed by atoms with E-state index in [0.29, 0.717) is 0 Å². The third-order valence-corrected chi connectivity index (χ3v) is 5.89. The zero-order chi connectivity index (χ0) is 13.4. The summed E-state index contributed by atoms with van der Waals surface area (Å²) < 4.78 is 12.3. The molecule has 2 aliphatic rings. The van der Waals surface area contributed by atoms with Crippen molar-refractivity contribution in [1.29, 1.82) is 0 Å². The Morgan fingerprint density at radius 2 is 2.16 bits per heavy atom. The van der Waals surface area contributed by atoms with Gasteiger partial charge in [-0.3, -0.25) is 14.3 Å². The first-order chi connectivity index (χ1) is 9.16. The Labute approximate surface area is 114 Å². The number of aryl methyl sites for hydroxylation is 1. The van der Waals surface area contributed by atoms with Crippen LogP contribution in [0.3, 0.4) is 0 Å². The summed E-state index contributed by atoms with van der Waals surface area (Å²) in [5, 5.41) is 12.4. The number of fused-ring (bicyclic) bond motifs is 3. The molecule has 102 valence electrons. The second kappa shape index (κ2) is 5.06. The first kappa shape index (κ1) is 12.8. The van der Waals surface area contributed by atoms with Crippen LogP contribution in [0.5, 0.6) is 0 Å². The molecule has 1 heterocycles. The number of benzene rings is 1. The lowest BCUT2D eigenvalue weighted by atomic mass is 9.98. The highest BCUT2D eigenvalue weighted by atomic mass is 32.2. The molecule has 0 saturated carbocycles. The van der Waals surface area contributed by atoms with E-state index in [-0.39, 0.29) is 17.0 Å². The summed E-state index contributed by atoms with van der Waals surface area (Å²) in [5.41, 5.74) is 2.38. The number of hydrogen-bond donors (Lipinski definition) is 2. The lowest BCUT2D eigenvalue weighted by Gasteiger charge is -2.35. The van der Waals surface area contributed by atoms with Gasteiger partial charge in [-0.25, -0.2) is 0 Å². The molecule has 2 N–H and O–H groups in total. The highest BCUT2D eigenvalue weighted by Gasteiger charge is 2.40. The van der Waals surface area contributed by atoms with Crippen molar-refractivity contribution in [3.8, 4) is 0 Å². The van der Waals surface area contributed by atoms with Crippen molar-refractivity contribution >= 4 is 16.8 Å². The van der Waals surface area contributed by atoms with Crippen molar-refractivity contribution in [3.63, 3.8) is 0 Å². The second-order valence-electron chi connectivity index (χ2n) is 5.21. The van der Waals surface area contributed by atoms with Gasteiger partial charge in [0.05, 0.1) is 11.0 Å². The zero-order valence-electron chi connectivity index (χ0n) is 10.5. The van der Waals surface area contributed by atoms with E-state index in [2.05, 4.69) is 11.4 Å². The molecule has 0 amide bonds. The summed E-state index contributed by atoms with van der Waals surface area (Å²) in [7, 11) is -1.07. The number of nitrogens with one attached hydrogen (secondary N) is 1. The largest absolute Gasteiger partial charge is 0.480 e. The van der Waals surface area contributed by atoms with E-state index in [1.807, 2.05) is 18.2 Å². The minimum Gasteiger partial charge on any atom is -0.480 e. The predicted molar refractivity (Wildman–Crippen MR) is 73.5 cm³/mol. The molecule has 1 aliphatic carbocycles. The standard InChI is InChI=1S/C14H17NO3S/c16-14(17)11-8-19(18)12-7-3-5-9-4-1-2-6-10(9)13(12)15-11/h1-2,4,6,11-13,15H,3,5,7-8H2,(H,16,17). The van der Waals surface area contributed by atoms with Crippen LogP contribution in [0.15, 0.2) is 24.3 Å². The van der Waals surface area contributed by atoms with Crippen LogP contribution in [0.1, 0.15) is 30.0 Å².